The first kappa shape index (κ1) is 13.1. The highest BCUT2D eigenvalue weighted by Crippen LogP contribution is 2.28. The zero-order chi connectivity index (χ0) is 13.0. The van der Waals surface area contributed by atoms with Crippen LogP contribution in [0.4, 0.5) is 5.82 Å². The fourth-order valence-corrected chi connectivity index (χ4v) is 2.66. The van der Waals surface area contributed by atoms with E-state index < -0.39 is 0 Å². The summed E-state index contributed by atoms with van der Waals surface area (Å²) >= 11 is 5.93. The van der Waals surface area contributed by atoms with Gasteiger partial charge in [0.25, 0.3) is 0 Å². The summed E-state index contributed by atoms with van der Waals surface area (Å²) in [6.07, 6.45) is 3.97. The number of aliphatic hydroxyl groups is 1. The summed E-state index contributed by atoms with van der Waals surface area (Å²) < 4.78 is 0. The number of nitriles is 1. The van der Waals surface area contributed by atoms with Gasteiger partial charge in [-0.3, -0.25) is 0 Å². The van der Waals surface area contributed by atoms with Crippen LogP contribution in [0.3, 0.4) is 0 Å². The third-order valence-electron chi connectivity index (χ3n) is 3.28. The topological polar surface area (TPSA) is 60.2 Å². The summed E-state index contributed by atoms with van der Waals surface area (Å²) in [4.78, 5) is 6.50. The van der Waals surface area contributed by atoms with Crippen molar-refractivity contribution in [3.63, 3.8) is 0 Å². The molecule has 2 heterocycles. The van der Waals surface area contributed by atoms with Gasteiger partial charge in [0, 0.05) is 19.2 Å². The summed E-state index contributed by atoms with van der Waals surface area (Å²) in [7, 11) is 0. The molecule has 18 heavy (non-hydrogen) atoms. The van der Waals surface area contributed by atoms with Crippen molar-refractivity contribution in [2.24, 2.45) is 0 Å². The van der Waals surface area contributed by atoms with Crippen LogP contribution >= 0.6 is 11.6 Å². The van der Waals surface area contributed by atoms with Crippen molar-refractivity contribution in [2.75, 3.05) is 18.1 Å². The molecule has 0 saturated carbocycles. The number of aromatic nitrogens is 1. The van der Waals surface area contributed by atoms with E-state index in [1.165, 1.54) is 0 Å². The Kier molecular flexibility index (Phi) is 4.40. The molecule has 0 amide bonds. The number of halogens is 1. The van der Waals surface area contributed by atoms with Crippen molar-refractivity contribution in [1.82, 2.24) is 4.98 Å². The van der Waals surface area contributed by atoms with Gasteiger partial charge in [0.15, 0.2) is 0 Å². The Hall–Kier alpha value is -1.31. The molecule has 1 aliphatic rings. The third kappa shape index (κ3) is 2.92. The lowest BCUT2D eigenvalue weighted by molar-refractivity contribution is 0.279. The Morgan fingerprint density at radius 2 is 2.39 bits per heavy atom. The number of nitrogens with zero attached hydrogens (tertiary/aromatic N) is 3. The van der Waals surface area contributed by atoms with Crippen molar-refractivity contribution in [2.45, 2.75) is 31.7 Å². The molecule has 0 radical (unpaired) electrons. The lowest BCUT2D eigenvalue weighted by Crippen LogP contribution is -2.30. The van der Waals surface area contributed by atoms with E-state index in [1.807, 2.05) is 0 Å². The standard InChI is InChI=1S/C13H16ClN3O/c14-12-7-10(9-15)8-13(16-12)17-5-1-3-11(17)4-2-6-18/h7-8,11,18H,1-6H2. The minimum absolute atomic E-state index is 0.219. The third-order valence-corrected chi connectivity index (χ3v) is 3.47. The zero-order valence-electron chi connectivity index (χ0n) is 10.1. The highest BCUT2D eigenvalue weighted by molar-refractivity contribution is 6.29. The number of anilines is 1. The Labute approximate surface area is 112 Å². The van der Waals surface area contributed by atoms with Crippen molar-refractivity contribution in [1.29, 1.82) is 5.26 Å². The van der Waals surface area contributed by atoms with Gasteiger partial charge in [-0.25, -0.2) is 4.98 Å². The maximum Gasteiger partial charge on any atom is 0.132 e. The number of hydrogen-bond donors (Lipinski definition) is 1. The summed E-state index contributed by atoms with van der Waals surface area (Å²) in [5.74, 6) is 0.777. The van der Waals surface area contributed by atoms with Crippen LogP contribution in [0.1, 0.15) is 31.2 Å². The van der Waals surface area contributed by atoms with Crippen LogP contribution in [0.5, 0.6) is 0 Å². The molecule has 1 saturated heterocycles. The number of hydrogen-bond acceptors (Lipinski definition) is 4. The molecule has 96 valence electrons. The molecule has 0 spiro atoms. The molecule has 1 aromatic heterocycles. The van der Waals surface area contributed by atoms with E-state index in [4.69, 9.17) is 22.0 Å². The van der Waals surface area contributed by atoms with Crippen LogP contribution in [0.2, 0.25) is 5.15 Å². The average Bonchev–Trinajstić information content (AvgIpc) is 2.83. The Balaban J connectivity index is 2.19. The van der Waals surface area contributed by atoms with Crippen LogP contribution in [-0.4, -0.2) is 29.3 Å². The lowest BCUT2D eigenvalue weighted by atomic mass is 10.1. The molecule has 1 N–H and O–H groups in total. The second kappa shape index (κ2) is 6.03. The van der Waals surface area contributed by atoms with Crippen molar-refractivity contribution in [3.05, 3.63) is 22.8 Å². The summed E-state index contributed by atoms with van der Waals surface area (Å²) in [5.41, 5.74) is 0.540. The van der Waals surface area contributed by atoms with Crippen LogP contribution in [0, 0.1) is 11.3 Å². The lowest BCUT2D eigenvalue weighted by Gasteiger charge is -2.25. The smallest absolute Gasteiger partial charge is 0.132 e. The molecule has 4 nitrogen and oxygen atoms in total. The molecule has 1 atom stereocenters. The molecule has 5 heteroatoms. The molecule has 2 rings (SSSR count). The largest absolute Gasteiger partial charge is 0.396 e. The summed E-state index contributed by atoms with van der Waals surface area (Å²) in [5, 5.41) is 18.2. The van der Waals surface area contributed by atoms with E-state index in [0.717, 1.165) is 38.0 Å². The van der Waals surface area contributed by atoms with Gasteiger partial charge in [-0.2, -0.15) is 5.26 Å². The van der Waals surface area contributed by atoms with Gasteiger partial charge in [-0.1, -0.05) is 11.6 Å². The van der Waals surface area contributed by atoms with Crippen LogP contribution < -0.4 is 4.90 Å². The van der Waals surface area contributed by atoms with E-state index in [2.05, 4.69) is 16.0 Å². The molecule has 1 aliphatic heterocycles. The maximum absolute atomic E-state index is 8.95. The average molecular weight is 266 g/mol. The van der Waals surface area contributed by atoms with Crippen LogP contribution in [0.25, 0.3) is 0 Å². The monoisotopic (exact) mass is 265 g/mol. The summed E-state index contributed by atoms with van der Waals surface area (Å²) in [6, 6.07) is 5.85. The highest BCUT2D eigenvalue weighted by Gasteiger charge is 2.25. The Morgan fingerprint density at radius 1 is 1.56 bits per heavy atom. The minimum atomic E-state index is 0.219. The highest BCUT2D eigenvalue weighted by atomic mass is 35.5. The van der Waals surface area contributed by atoms with Crippen molar-refractivity contribution < 1.29 is 5.11 Å². The van der Waals surface area contributed by atoms with Gasteiger partial charge in [0.05, 0.1) is 11.6 Å². The number of aliphatic hydroxyl groups excluding tert-OH is 1. The maximum atomic E-state index is 8.95. The Bertz CT molecular complexity index is 458. The fourth-order valence-electron chi connectivity index (χ4n) is 2.46. The molecule has 1 aromatic rings. The molecule has 1 unspecified atom stereocenters. The number of pyridine rings is 1. The quantitative estimate of drug-likeness (QED) is 0.849. The number of rotatable bonds is 4. The minimum Gasteiger partial charge on any atom is -0.396 e. The Morgan fingerprint density at radius 3 is 3.11 bits per heavy atom. The van der Waals surface area contributed by atoms with Crippen molar-refractivity contribution in [3.8, 4) is 6.07 Å². The van der Waals surface area contributed by atoms with Gasteiger partial charge in [-0.05, 0) is 37.8 Å². The first-order chi connectivity index (χ1) is 8.74. The predicted octanol–water partition coefficient (Wildman–Crippen LogP) is 2.35. The van der Waals surface area contributed by atoms with E-state index in [9.17, 15) is 0 Å². The van der Waals surface area contributed by atoms with Crippen LogP contribution in [-0.2, 0) is 0 Å². The first-order valence-corrected chi connectivity index (χ1v) is 6.57. The van der Waals surface area contributed by atoms with E-state index in [1.54, 1.807) is 12.1 Å². The summed E-state index contributed by atoms with van der Waals surface area (Å²) in [6.45, 7) is 1.16. The van der Waals surface area contributed by atoms with Gasteiger partial charge in [0.2, 0.25) is 0 Å². The van der Waals surface area contributed by atoms with Gasteiger partial charge in [0.1, 0.15) is 11.0 Å². The zero-order valence-corrected chi connectivity index (χ0v) is 10.9. The predicted molar refractivity (Wildman–Crippen MR) is 70.6 cm³/mol. The molecule has 1 fully saturated rings. The molecular weight excluding hydrogens is 250 g/mol. The fraction of sp³-hybridized carbons (Fsp3) is 0.538. The molecular formula is C13H16ClN3O. The van der Waals surface area contributed by atoms with E-state index in [0.29, 0.717) is 16.8 Å². The van der Waals surface area contributed by atoms with E-state index >= 15 is 0 Å². The first-order valence-electron chi connectivity index (χ1n) is 6.20. The van der Waals surface area contributed by atoms with E-state index in [-0.39, 0.29) is 6.61 Å². The normalized spacial score (nSPS) is 18.9. The van der Waals surface area contributed by atoms with Crippen LogP contribution in [0.15, 0.2) is 12.1 Å². The van der Waals surface area contributed by atoms with Gasteiger partial charge in [-0.15, -0.1) is 0 Å². The SMILES string of the molecule is N#Cc1cc(Cl)nc(N2CCCC2CCCO)c1. The van der Waals surface area contributed by atoms with Gasteiger partial charge < -0.3 is 10.0 Å². The molecule has 0 aromatic carbocycles. The second-order valence-electron chi connectivity index (χ2n) is 4.50. The van der Waals surface area contributed by atoms with Gasteiger partial charge >= 0.3 is 0 Å². The van der Waals surface area contributed by atoms with Crippen molar-refractivity contribution >= 4 is 17.4 Å². The molecule has 0 aliphatic carbocycles. The second-order valence-corrected chi connectivity index (χ2v) is 4.89. The molecule has 0 bridgehead atoms.